The highest BCUT2D eigenvalue weighted by Gasteiger charge is 2.61. The summed E-state index contributed by atoms with van der Waals surface area (Å²) in [5.74, 6) is 0.929. The fourth-order valence-electron chi connectivity index (χ4n) is 6.12. The van der Waals surface area contributed by atoms with Crippen LogP contribution in [0.3, 0.4) is 0 Å². The lowest BCUT2D eigenvalue weighted by Gasteiger charge is -2.63. The molecule has 2 rings (SSSR count). The summed E-state index contributed by atoms with van der Waals surface area (Å²) in [6.07, 6.45) is 4.71. The van der Waals surface area contributed by atoms with Crippen molar-refractivity contribution in [3.63, 3.8) is 0 Å². The van der Waals surface area contributed by atoms with Gasteiger partial charge in [-0.1, -0.05) is 40.7 Å². The summed E-state index contributed by atoms with van der Waals surface area (Å²) in [5, 5.41) is 22.5. The molecule has 2 aliphatic rings. The van der Waals surface area contributed by atoms with Gasteiger partial charge in [-0.2, -0.15) is 0 Å². The molecule has 0 heterocycles. The lowest BCUT2D eigenvalue weighted by Crippen LogP contribution is -2.62. The summed E-state index contributed by atoms with van der Waals surface area (Å²) >= 11 is 0. The van der Waals surface area contributed by atoms with Gasteiger partial charge in [0.15, 0.2) is 0 Å². The second-order valence-electron chi connectivity index (χ2n) is 9.63. The van der Waals surface area contributed by atoms with Crippen molar-refractivity contribution in [3.8, 4) is 0 Å². The fraction of sp³-hybridized carbons (Fsp3) is 0.864. The van der Waals surface area contributed by atoms with E-state index < -0.39 is 17.6 Å². The lowest BCUT2D eigenvalue weighted by molar-refractivity contribution is -0.198. The Kier molecular flexibility index (Phi) is 5.62. The van der Waals surface area contributed by atoms with Gasteiger partial charge >= 0.3 is 0 Å². The van der Waals surface area contributed by atoms with E-state index in [2.05, 4.69) is 34.3 Å². The average Bonchev–Trinajstić information content (AvgIpc) is 2.57. The molecular weight excluding hydrogens is 312 g/mol. The summed E-state index contributed by atoms with van der Waals surface area (Å²) in [5.41, 5.74) is -0.857. The number of hydrogen-bond donors (Lipinski definition) is 2. The molecule has 0 radical (unpaired) electrons. The van der Waals surface area contributed by atoms with Crippen molar-refractivity contribution in [2.45, 2.75) is 85.9 Å². The zero-order chi connectivity index (χ0) is 19.2. The number of aliphatic hydroxyl groups excluding tert-OH is 2. The highest BCUT2D eigenvalue weighted by molar-refractivity contribution is 5.75. The van der Waals surface area contributed by atoms with E-state index in [0.717, 1.165) is 19.3 Å². The van der Waals surface area contributed by atoms with Crippen molar-refractivity contribution < 1.29 is 15.0 Å². The third-order valence-corrected chi connectivity index (χ3v) is 8.72. The number of hydrogen-bond acceptors (Lipinski definition) is 3. The van der Waals surface area contributed by atoms with Gasteiger partial charge in [-0.05, 0) is 61.2 Å². The third-order valence-electron chi connectivity index (χ3n) is 8.72. The van der Waals surface area contributed by atoms with Gasteiger partial charge in [0.1, 0.15) is 5.78 Å². The van der Waals surface area contributed by atoms with Crippen LogP contribution < -0.4 is 0 Å². The Labute approximate surface area is 153 Å². The molecule has 0 aliphatic heterocycles. The molecule has 0 saturated heterocycles. The minimum Gasteiger partial charge on any atom is -0.393 e. The summed E-state index contributed by atoms with van der Waals surface area (Å²) in [6.45, 7) is 16.5. The van der Waals surface area contributed by atoms with E-state index in [0.29, 0.717) is 18.8 Å². The smallest absolute Gasteiger partial charge is 0.129 e. The molecule has 2 bridgehead atoms. The Balaban J connectivity index is 2.60. The van der Waals surface area contributed by atoms with Crippen LogP contribution in [0.2, 0.25) is 0 Å². The van der Waals surface area contributed by atoms with Crippen LogP contribution in [-0.2, 0) is 4.79 Å². The first-order valence-corrected chi connectivity index (χ1v) is 9.95. The molecule has 2 fully saturated rings. The summed E-state index contributed by atoms with van der Waals surface area (Å²) in [7, 11) is 0. The predicted octanol–water partition coefficient (Wildman–Crippen LogP) is 4.37. The van der Waals surface area contributed by atoms with Crippen molar-refractivity contribution in [1.82, 2.24) is 0 Å². The van der Waals surface area contributed by atoms with Crippen molar-refractivity contribution >= 4 is 5.78 Å². The molecule has 0 aromatic carbocycles. The number of rotatable bonds is 4. The molecule has 2 unspecified atom stereocenters. The number of Topliss-reactive ketones (excluding diaryl/α,β-unsaturated/α-hetero) is 1. The van der Waals surface area contributed by atoms with Crippen LogP contribution in [0.15, 0.2) is 12.7 Å². The maximum absolute atomic E-state index is 11.8. The molecule has 0 amide bonds. The van der Waals surface area contributed by atoms with Crippen LogP contribution in [-0.4, -0.2) is 28.2 Å². The van der Waals surface area contributed by atoms with E-state index in [1.54, 1.807) is 6.92 Å². The maximum Gasteiger partial charge on any atom is 0.129 e. The van der Waals surface area contributed by atoms with E-state index >= 15 is 0 Å². The fourth-order valence-corrected chi connectivity index (χ4v) is 6.12. The molecule has 2 N–H and O–H groups in total. The third kappa shape index (κ3) is 3.02. The van der Waals surface area contributed by atoms with Crippen LogP contribution in [0.4, 0.5) is 0 Å². The standard InChI is InChI=1S/C22H38O3/c1-8-20(6)13-18(24)21(7)14(2)9-11-22(17(21)5,12-10-15(3)23)16(4)19(20)25/h8,14,16-19,24-25H,1,9-13H2,2-7H3/t14?,16-,17?,18+,19-,20+,21+,22-/m0/s1. The predicted molar refractivity (Wildman–Crippen MR) is 102 cm³/mol. The Morgan fingerprint density at radius 2 is 1.84 bits per heavy atom. The van der Waals surface area contributed by atoms with Gasteiger partial charge in [-0.15, -0.1) is 6.58 Å². The average molecular weight is 351 g/mol. The Morgan fingerprint density at radius 1 is 1.24 bits per heavy atom. The molecule has 3 heteroatoms. The van der Waals surface area contributed by atoms with Crippen LogP contribution in [0.25, 0.3) is 0 Å². The van der Waals surface area contributed by atoms with Crippen molar-refractivity contribution in [2.75, 3.05) is 0 Å². The largest absolute Gasteiger partial charge is 0.393 e. The number of ketones is 1. The molecule has 2 aliphatic carbocycles. The second kappa shape index (κ2) is 6.81. The van der Waals surface area contributed by atoms with Crippen molar-refractivity contribution in [2.24, 2.45) is 34.0 Å². The zero-order valence-corrected chi connectivity index (χ0v) is 17.0. The maximum atomic E-state index is 11.8. The molecule has 3 nitrogen and oxygen atoms in total. The number of fused-ring (bicyclic) bond motifs is 2. The Morgan fingerprint density at radius 3 is 2.36 bits per heavy atom. The molecule has 144 valence electrons. The van der Waals surface area contributed by atoms with Crippen LogP contribution >= 0.6 is 0 Å². The van der Waals surface area contributed by atoms with Crippen LogP contribution in [0.1, 0.15) is 73.6 Å². The highest BCUT2D eigenvalue weighted by atomic mass is 16.3. The number of carbonyl (C=O) groups excluding carboxylic acids is 1. The topological polar surface area (TPSA) is 57.5 Å². The van der Waals surface area contributed by atoms with Gasteiger partial charge in [0, 0.05) is 11.8 Å². The molecule has 25 heavy (non-hydrogen) atoms. The van der Waals surface area contributed by atoms with E-state index in [1.165, 1.54) is 0 Å². The van der Waals surface area contributed by atoms with Crippen LogP contribution in [0, 0.1) is 34.0 Å². The summed E-state index contributed by atoms with van der Waals surface area (Å²) in [4.78, 5) is 11.8. The molecule has 2 saturated carbocycles. The van der Waals surface area contributed by atoms with Gasteiger partial charge in [-0.3, -0.25) is 0 Å². The molecule has 8 atom stereocenters. The van der Waals surface area contributed by atoms with E-state index in [1.807, 2.05) is 13.0 Å². The monoisotopic (exact) mass is 350 g/mol. The quantitative estimate of drug-likeness (QED) is 0.740. The Bertz CT molecular complexity index is 529. The van der Waals surface area contributed by atoms with Crippen molar-refractivity contribution in [1.29, 1.82) is 0 Å². The first kappa shape index (κ1) is 20.6. The number of carbonyl (C=O) groups is 1. The Hall–Kier alpha value is -0.670. The minimum absolute atomic E-state index is 0.0594. The van der Waals surface area contributed by atoms with Crippen molar-refractivity contribution in [3.05, 3.63) is 12.7 Å². The normalized spacial score (nSPS) is 50.6. The zero-order valence-electron chi connectivity index (χ0n) is 17.0. The SMILES string of the molecule is C=C[C@]1(C)C[C@@H](O)[C@]2(C)C(C)CC[C@@](CCC(C)=O)(C2C)[C@@H](C)[C@@H]1O. The van der Waals surface area contributed by atoms with E-state index in [-0.39, 0.29) is 28.4 Å². The van der Waals surface area contributed by atoms with Gasteiger partial charge in [0.05, 0.1) is 12.2 Å². The number of aliphatic hydroxyl groups is 2. The summed E-state index contributed by atoms with van der Waals surface area (Å²) < 4.78 is 0. The van der Waals surface area contributed by atoms with Gasteiger partial charge in [0.2, 0.25) is 0 Å². The van der Waals surface area contributed by atoms with E-state index in [9.17, 15) is 15.0 Å². The first-order valence-electron chi connectivity index (χ1n) is 9.95. The molecule has 0 spiro atoms. The molecule has 0 aromatic rings. The van der Waals surface area contributed by atoms with Gasteiger partial charge in [0.25, 0.3) is 0 Å². The van der Waals surface area contributed by atoms with Crippen LogP contribution in [0.5, 0.6) is 0 Å². The minimum atomic E-state index is -0.563. The summed E-state index contributed by atoms with van der Waals surface area (Å²) in [6, 6.07) is 0. The highest BCUT2D eigenvalue weighted by Crippen LogP contribution is 2.64. The molecule has 0 aromatic heterocycles. The lowest BCUT2D eigenvalue weighted by atomic mass is 9.42. The van der Waals surface area contributed by atoms with Gasteiger partial charge in [-0.25, -0.2) is 0 Å². The van der Waals surface area contributed by atoms with Gasteiger partial charge < -0.3 is 15.0 Å². The molecular formula is C22H38O3. The first-order chi connectivity index (χ1) is 11.5. The second-order valence-corrected chi connectivity index (χ2v) is 9.63. The van der Waals surface area contributed by atoms with E-state index in [4.69, 9.17) is 0 Å².